The first kappa shape index (κ1) is 67.6. The Morgan fingerprint density at radius 2 is 1.11 bits per heavy atom. The van der Waals surface area contributed by atoms with Crippen molar-refractivity contribution >= 4 is 52.7 Å². The predicted molar refractivity (Wildman–Crippen MR) is 346 cm³/mol. The van der Waals surface area contributed by atoms with Crippen LogP contribution in [0.3, 0.4) is 0 Å². The van der Waals surface area contributed by atoms with Crippen molar-refractivity contribution in [1.82, 2.24) is 40.7 Å². The number of carbonyl (C=O) groups is 7. The fraction of sp³-hybridized carbons (Fsp3) is 0.408. The Kier molecular flexibility index (Phi) is 22.0. The molecule has 0 fully saturated rings. The summed E-state index contributed by atoms with van der Waals surface area (Å²) in [5.74, 6) is -3.63. The molecule has 5 atom stereocenters. The SMILES string of the molecule is COC(=O)[C@H](CC(C)C)NC(=O)[C@@H](Cc1cn(Cc2ccccc2)cn1)NC(=O)[C@H](Cc1ccc(OC(C)(C)C)cc1)NC(=O)[C@H](COC(C)(C)C)NC(=O)[C@H](Cc1cn(C(=O)OC(C)(C)C)c2ccccc12)NC(=O)OCC1c2ccccc2-c2ccccc21. The first-order chi connectivity index (χ1) is 43.1. The first-order valence-electron chi connectivity index (χ1n) is 30.8. The zero-order valence-corrected chi connectivity index (χ0v) is 54.1. The summed E-state index contributed by atoms with van der Waals surface area (Å²) in [6.07, 6.45) is 3.14. The number of hydrogen-bond donors (Lipinski definition) is 5. The lowest BCUT2D eigenvalue weighted by molar-refractivity contribution is -0.146. The van der Waals surface area contributed by atoms with Crippen LogP contribution in [-0.4, -0.2) is 123 Å². The van der Waals surface area contributed by atoms with E-state index in [1.807, 2.05) is 118 Å². The Hall–Kier alpha value is -9.30. The molecule has 0 saturated heterocycles. The van der Waals surface area contributed by atoms with E-state index in [2.05, 4.69) is 31.6 Å². The van der Waals surface area contributed by atoms with E-state index in [9.17, 15) is 19.2 Å². The second kappa shape index (κ2) is 29.6. The maximum atomic E-state index is 15.2. The summed E-state index contributed by atoms with van der Waals surface area (Å²) in [5, 5.41) is 14.8. The van der Waals surface area contributed by atoms with E-state index in [4.69, 9.17) is 23.7 Å². The average Bonchev–Trinajstić information content (AvgIpc) is 1.64. The third kappa shape index (κ3) is 19.1. The molecule has 0 aliphatic heterocycles. The minimum Gasteiger partial charge on any atom is -0.488 e. The molecule has 5 N–H and O–H groups in total. The van der Waals surface area contributed by atoms with E-state index in [-0.39, 0.29) is 44.1 Å². The number of nitrogens with zero attached hydrogens (tertiary/aromatic N) is 3. The van der Waals surface area contributed by atoms with Gasteiger partial charge in [-0.1, -0.05) is 123 Å². The number of para-hydroxylation sites is 1. The lowest BCUT2D eigenvalue weighted by Gasteiger charge is -2.29. The highest BCUT2D eigenvalue weighted by Gasteiger charge is 2.36. The van der Waals surface area contributed by atoms with Crippen molar-refractivity contribution < 1.29 is 57.2 Å². The van der Waals surface area contributed by atoms with Gasteiger partial charge in [0.2, 0.25) is 23.6 Å². The zero-order valence-electron chi connectivity index (χ0n) is 54.1. The molecule has 0 radical (unpaired) electrons. The monoisotopic (exact) mass is 1240 g/mol. The molecular weight excluding hydrogens is 1160 g/mol. The molecule has 2 aromatic heterocycles. The smallest absolute Gasteiger partial charge is 0.419 e. The van der Waals surface area contributed by atoms with Crippen molar-refractivity contribution in [2.75, 3.05) is 20.3 Å². The van der Waals surface area contributed by atoms with Crippen LogP contribution in [0.15, 0.2) is 146 Å². The Labute approximate surface area is 532 Å². The van der Waals surface area contributed by atoms with Crippen LogP contribution in [-0.2, 0) is 68.7 Å². The van der Waals surface area contributed by atoms with Crippen molar-refractivity contribution in [2.24, 2.45) is 5.92 Å². The standard InChI is InChI=1S/C71H86N8O12/c1-44(2)34-59(66(84)87-12)75-64(82)58(37-48-40-78(43-72-48)38-46-22-14-13-15-23-46)74-62(80)56(35-45-30-32-49(33-31-45)90-70(6,7)8)73-65(83)60(42-89-69(3,4)5)76-63(81)57(36-47-39-79(68(86)91-71(9,10)11)61-29-21-20-24-50(47)61)77-67(85)88-41-55-53-27-18-16-25-51(53)52-26-17-19-28-54(52)55/h13-33,39-40,43-44,55-60H,34-38,41-42H2,1-12H3,(H,73,83)(H,74,80)(H,75,82)(H,76,81)(H,77,85)/t56-,57-,58+,59-,60-/m0/s1. The molecule has 5 aromatic carbocycles. The summed E-state index contributed by atoms with van der Waals surface area (Å²) in [6, 6.07) is 32.8. The lowest BCUT2D eigenvalue weighted by Crippen LogP contribution is -2.60. The average molecular weight is 1240 g/mol. The van der Waals surface area contributed by atoms with Crippen LogP contribution in [0.1, 0.15) is 122 Å². The van der Waals surface area contributed by atoms with Crippen LogP contribution in [0.4, 0.5) is 9.59 Å². The highest BCUT2D eigenvalue weighted by atomic mass is 16.6. The molecule has 1 aliphatic carbocycles. The molecule has 5 amide bonds. The molecule has 7 aromatic rings. The van der Waals surface area contributed by atoms with Crippen molar-refractivity contribution in [3.63, 3.8) is 0 Å². The topological polar surface area (TPSA) is 249 Å². The van der Waals surface area contributed by atoms with Gasteiger partial charge in [-0.05, 0) is 132 Å². The Morgan fingerprint density at radius 3 is 1.70 bits per heavy atom. The number of benzene rings is 5. The number of esters is 1. The van der Waals surface area contributed by atoms with Crippen LogP contribution in [0.5, 0.6) is 5.75 Å². The fourth-order valence-electron chi connectivity index (χ4n) is 10.8. The predicted octanol–water partition coefficient (Wildman–Crippen LogP) is 9.76. The number of imidazole rings is 1. The van der Waals surface area contributed by atoms with Gasteiger partial charge in [0, 0.05) is 49.5 Å². The molecule has 0 saturated carbocycles. The zero-order chi connectivity index (χ0) is 65.8. The fourth-order valence-corrected chi connectivity index (χ4v) is 10.8. The number of amides is 5. The lowest BCUT2D eigenvalue weighted by atomic mass is 9.98. The molecule has 1 aliphatic rings. The van der Waals surface area contributed by atoms with E-state index >= 15 is 14.4 Å². The summed E-state index contributed by atoms with van der Waals surface area (Å²) in [4.78, 5) is 106. The summed E-state index contributed by atoms with van der Waals surface area (Å²) >= 11 is 0. The number of nitrogens with one attached hydrogen (secondary N) is 5. The van der Waals surface area contributed by atoms with E-state index < -0.39 is 95.4 Å². The van der Waals surface area contributed by atoms with E-state index in [1.165, 1.54) is 11.7 Å². The van der Waals surface area contributed by atoms with Crippen LogP contribution in [0.2, 0.25) is 0 Å². The second-order valence-electron chi connectivity index (χ2n) is 26.4. The summed E-state index contributed by atoms with van der Waals surface area (Å²) in [6.45, 7) is 20.1. The molecule has 91 heavy (non-hydrogen) atoms. The number of fused-ring (bicyclic) bond motifs is 4. The molecule has 8 rings (SSSR count). The summed E-state index contributed by atoms with van der Waals surface area (Å²) < 4.78 is 32.4. The van der Waals surface area contributed by atoms with Gasteiger partial charge in [0.25, 0.3) is 0 Å². The molecule has 0 bridgehead atoms. The Morgan fingerprint density at radius 1 is 0.560 bits per heavy atom. The molecule has 0 spiro atoms. The van der Waals surface area contributed by atoms with Gasteiger partial charge in [0.1, 0.15) is 53.8 Å². The van der Waals surface area contributed by atoms with E-state index in [1.54, 1.807) is 109 Å². The van der Waals surface area contributed by atoms with Crippen LogP contribution in [0.25, 0.3) is 22.0 Å². The highest BCUT2D eigenvalue weighted by Crippen LogP contribution is 2.44. The van der Waals surface area contributed by atoms with Crippen molar-refractivity contribution in [3.8, 4) is 16.9 Å². The largest absolute Gasteiger partial charge is 0.488 e. The number of rotatable bonds is 25. The quantitative estimate of drug-likeness (QED) is 0.0264. The second-order valence-corrected chi connectivity index (χ2v) is 26.4. The van der Waals surface area contributed by atoms with Gasteiger partial charge in [-0.2, -0.15) is 0 Å². The molecule has 482 valence electrons. The summed E-state index contributed by atoms with van der Waals surface area (Å²) in [5.41, 5.74) is 4.79. The van der Waals surface area contributed by atoms with Crippen molar-refractivity contribution in [2.45, 2.75) is 161 Å². The maximum absolute atomic E-state index is 15.2. The van der Waals surface area contributed by atoms with E-state index in [0.717, 1.165) is 27.8 Å². The van der Waals surface area contributed by atoms with Crippen molar-refractivity contribution in [1.29, 1.82) is 0 Å². The van der Waals surface area contributed by atoms with Crippen LogP contribution >= 0.6 is 0 Å². The van der Waals surface area contributed by atoms with Crippen molar-refractivity contribution in [3.05, 3.63) is 180 Å². The minimum atomic E-state index is -1.52. The van der Waals surface area contributed by atoms with Gasteiger partial charge < -0.3 is 54.8 Å². The Balaban J connectivity index is 1.12. The number of carbonyl (C=O) groups excluding carboxylic acids is 7. The third-order valence-electron chi connectivity index (χ3n) is 14.9. The maximum Gasteiger partial charge on any atom is 0.419 e. The number of hydrogen-bond acceptors (Lipinski definition) is 13. The molecule has 0 unspecified atom stereocenters. The molecule has 2 heterocycles. The van der Waals surface area contributed by atoms with Gasteiger partial charge in [-0.15, -0.1) is 0 Å². The number of alkyl carbamates (subject to hydrolysis) is 1. The van der Waals surface area contributed by atoms with Gasteiger partial charge >= 0.3 is 18.2 Å². The molecular formula is C71H86N8O12. The number of ether oxygens (including phenoxy) is 5. The summed E-state index contributed by atoms with van der Waals surface area (Å²) in [7, 11) is 1.23. The minimum absolute atomic E-state index is 0.0355. The highest BCUT2D eigenvalue weighted by molar-refractivity contribution is 5.97. The number of methoxy groups -OCH3 is 1. The van der Waals surface area contributed by atoms with Crippen LogP contribution < -0.4 is 31.3 Å². The first-order valence-corrected chi connectivity index (χ1v) is 30.8. The van der Waals surface area contributed by atoms with E-state index in [0.29, 0.717) is 40.0 Å². The van der Waals surface area contributed by atoms with Gasteiger partial charge in [-0.3, -0.25) is 23.7 Å². The Bertz CT molecular complexity index is 3640. The third-order valence-corrected chi connectivity index (χ3v) is 14.9. The normalized spacial score (nSPS) is 14.0. The van der Waals surface area contributed by atoms with Gasteiger partial charge in [0.15, 0.2) is 0 Å². The van der Waals surface area contributed by atoms with Gasteiger partial charge in [0.05, 0.1) is 36.9 Å². The molecule has 20 nitrogen and oxygen atoms in total. The molecule has 20 heteroatoms. The van der Waals surface area contributed by atoms with Gasteiger partial charge in [-0.25, -0.2) is 19.4 Å². The number of aromatic nitrogens is 3. The van der Waals surface area contributed by atoms with Crippen LogP contribution in [0, 0.1) is 5.92 Å².